The number of H-pyrrole nitrogens is 1. The van der Waals surface area contributed by atoms with Gasteiger partial charge in [-0.15, -0.1) is 0 Å². The lowest BCUT2D eigenvalue weighted by atomic mass is 9.66. The first-order valence-electron chi connectivity index (χ1n) is 13.2. The molecular formula is C33H32N2. The van der Waals surface area contributed by atoms with E-state index in [1.165, 1.54) is 69.0 Å². The topological polar surface area (TPSA) is 27.8 Å². The lowest BCUT2D eigenvalue weighted by Gasteiger charge is -2.46. The van der Waals surface area contributed by atoms with E-state index in [0.29, 0.717) is 17.9 Å². The van der Waals surface area contributed by atoms with Gasteiger partial charge in [0.05, 0.1) is 5.52 Å². The van der Waals surface area contributed by atoms with Crippen LogP contribution in [0, 0.1) is 11.8 Å². The fourth-order valence-electron chi connectivity index (χ4n) is 6.77. The van der Waals surface area contributed by atoms with Crippen LogP contribution in [0.15, 0.2) is 91.0 Å². The van der Waals surface area contributed by atoms with E-state index in [4.69, 9.17) is 0 Å². The summed E-state index contributed by atoms with van der Waals surface area (Å²) >= 11 is 0. The second kappa shape index (κ2) is 8.30. The van der Waals surface area contributed by atoms with Crippen molar-refractivity contribution in [1.82, 2.24) is 4.98 Å². The van der Waals surface area contributed by atoms with Gasteiger partial charge < -0.3 is 10.3 Å². The van der Waals surface area contributed by atoms with Crippen LogP contribution in [0.2, 0.25) is 0 Å². The monoisotopic (exact) mass is 456 g/mol. The summed E-state index contributed by atoms with van der Waals surface area (Å²) in [5.74, 6) is 1.65. The Balaban J connectivity index is 1.49. The van der Waals surface area contributed by atoms with E-state index >= 15 is 0 Å². The largest absolute Gasteiger partial charge is 0.381 e. The van der Waals surface area contributed by atoms with Crippen LogP contribution in [-0.4, -0.2) is 11.0 Å². The minimum absolute atomic E-state index is 0.355. The molecule has 1 saturated carbocycles. The standard InChI is InChI=1S/C33H32N2/c1-21-30(27-15-6-8-17-29(27)34-32(21)23-12-9-13-23)31-24(20-22-10-3-2-4-11-22)18-19-26-25-14-5-7-16-28(25)35-33(26)31/h2-8,10-11,14-19,21,23,30,32,34-35H,9,12-13,20H2,1H3/t21-,30+,32+/m0/s1. The molecular weight excluding hydrogens is 424 g/mol. The van der Waals surface area contributed by atoms with Gasteiger partial charge in [0.15, 0.2) is 0 Å². The highest BCUT2D eigenvalue weighted by atomic mass is 15.0. The van der Waals surface area contributed by atoms with Crippen molar-refractivity contribution in [3.8, 4) is 0 Å². The average Bonchev–Trinajstić information content (AvgIpc) is 3.23. The van der Waals surface area contributed by atoms with Gasteiger partial charge in [-0.2, -0.15) is 0 Å². The van der Waals surface area contributed by atoms with Crippen molar-refractivity contribution in [3.63, 3.8) is 0 Å². The van der Waals surface area contributed by atoms with E-state index in [-0.39, 0.29) is 0 Å². The Labute approximate surface area is 207 Å². The van der Waals surface area contributed by atoms with Crippen LogP contribution in [-0.2, 0) is 6.42 Å². The summed E-state index contributed by atoms with van der Waals surface area (Å²) in [7, 11) is 0. The minimum Gasteiger partial charge on any atom is -0.381 e. The number of hydrogen-bond acceptors (Lipinski definition) is 1. The number of rotatable bonds is 4. The molecule has 2 aliphatic rings. The molecule has 2 heterocycles. The number of aromatic amines is 1. The highest BCUT2D eigenvalue weighted by Gasteiger charge is 2.41. The zero-order valence-electron chi connectivity index (χ0n) is 20.3. The molecule has 0 bridgehead atoms. The van der Waals surface area contributed by atoms with Crippen LogP contribution < -0.4 is 5.32 Å². The van der Waals surface area contributed by atoms with Crippen LogP contribution in [0.4, 0.5) is 5.69 Å². The second-order valence-electron chi connectivity index (χ2n) is 10.7. The fourth-order valence-corrected chi connectivity index (χ4v) is 6.77. The molecule has 35 heavy (non-hydrogen) atoms. The minimum atomic E-state index is 0.355. The van der Waals surface area contributed by atoms with Gasteiger partial charge in [0.25, 0.3) is 0 Å². The number of nitrogens with one attached hydrogen (secondary N) is 2. The van der Waals surface area contributed by atoms with Crippen molar-refractivity contribution in [3.05, 3.63) is 113 Å². The van der Waals surface area contributed by atoms with Crippen molar-refractivity contribution < 1.29 is 0 Å². The number of hydrogen-bond donors (Lipinski definition) is 2. The van der Waals surface area contributed by atoms with Gasteiger partial charge in [-0.25, -0.2) is 0 Å². The van der Waals surface area contributed by atoms with E-state index < -0.39 is 0 Å². The smallest absolute Gasteiger partial charge is 0.0506 e. The third kappa shape index (κ3) is 3.38. The summed E-state index contributed by atoms with van der Waals surface area (Å²) in [6.45, 7) is 2.49. The van der Waals surface area contributed by atoms with Crippen molar-refractivity contribution in [2.45, 2.75) is 44.6 Å². The molecule has 0 amide bonds. The van der Waals surface area contributed by atoms with Gasteiger partial charge in [-0.3, -0.25) is 0 Å². The number of para-hydroxylation sites is 2. The molecule has 0 radical (unpaired) electrons. The molecule has 0 unspecified atom stereocenters. The third-order valence-corrected chi connectivity index (χ3v) is 8.73. The van der Waals surface area contributed by atoms with Crippen LogP contribution in [0.3, 0.4) is 0 Å². The number of fused-ring (bicyclic) bond motifs is 4. The molecule has 0 saturated heterocycles. The van der Waals surface area contributed by atoms with Crippen molar-refractivity contribution in [2.75, 3.05) is 5.32 Å². The molecule has 174 valence electrons. The predicted molar refractivity (Wildman–Crippen MR) is 147 cm³/mol. The summed E-state index contributed by atoms with van der Waals surface area (Å²) in [5, 5.41) is 6.65. The Kier molecular flexibility index (Phi) is 4.94. The van der Waals surface area contributed by atoms with Gasteiger partial charge in [0, 0.05) is 33.9 Å². The van der Waals surface area contributed by atoms with Gasteiger partial charge in [-0.1, -0.05) is 92.2 Å². The average molecular weight is 457 g/mol. The molecule has 0 spiro atoms. The van der Waals surface area contributed by atoms with Crippen molar-refractivity contribution in [2.24, 2.45) is 11.8 Å². The fraction of sp³-hybridized carbons (Fsp3) is 0.273. The van der Waals surface area contributed by atoms with Gasteiger partial charge in [-0.05, 0) is 65.5 Å². The third-order valence-electron chi connectivity index (χ3n) is 8.73. The molecule has 3 atom stereocenters. The Morgan fingerprint density at radius 1 is 0.771 bits per heavy atom. The molecule has 1 fully saturated rings. The Bertz CT molecular complexity index is 1510. The molecule has 2 nitrogen and oxygen atoms in total. The van der Waals surface area contributed by atoms with Crippen LogP contribution in [0.5, 0.6) is 0 Å². The highest BCUT2D eigenvalue weighted by molar-refractivity contribution is 6.08. The van der Waals surface area contributed by atoms with Crippen molar-refractivity contribution >= 4 is 27.5 Å². The first-order valence-corrected chi connectivity index (χ1v) is 13.2. The van der Waals surface area contributed by atoms with E-state index in [1.807, 2.05) is 0 Å². The first-order chi connectivity index (χ1) is 17.3. The van der Waals surface area contributed by atoms with E-state index in [1.54, 1.807) is 0 Å². The van der Waals surface area contributed by atoms with Gasteiger partial charge in [0.1, 0.15) is 0 Å². The maximum absolute atomic E-state index is 3.98. The highest BCUT2D eigenvalue weighted by Crippen LogP contribution is 2.50. The summed E-state index contributed by atoms with van der Waals surface area (Å²) in [6, 6.07) is 34.0. The SMILES string of the molecule is C[C@H]1[C@@H](c2c(Cc3ccccc3)ccc3c2[nH]c2ccccc23)c2ccccc2N[C@H]1C1CCC1. The zero-order valence-corrected chi connectivity index (χ0v) is 20.3. The normalized spacial score (nSPS) is 22.0. The predicted octanol–water partition coefficient (Wildman–Crippen LogP) is 8.27. The van der Waals surface area contributed by atoms with Crippen LogP contribution in [0.1, 0.15) is 54.4 Å². The lowest BCUT2D eigenvalue weighted by molar-refractivity contribution is 0.215. The lowest BCUT2D eigenvalue weighted by Crippen LogP contribution is -2.44. The molecule has 2 N–H and O–H groups in total. The van der Waals surface area contributed by atoms with Gasteiger partial charge in [0.2, 0.25) is 0 Å². The first kappa shape index (κ1) is 20.8. The molecule has 1 aliphatic carbocycles. The molecule has 7 rings (SSSR count). The maximum atomic E-state index is 3.98. The molecule has 1 aromatic heterocycles. The quantitative estimate of drug-likeness (QED) is 0.280. The molecule has 2 heteroatoms. The van der Waals surface area contributed by atoms with E-state index in [0.717, 1.165) is 12.3 Å². The second-order valence-corrected chi connectivity index (χ2v) is 10.7. The maximum Gasteiger partial charge on any atom is 0.0506 e. The van der Waals surface area contributed by atoms with E-state index in [9.17, 15) is 0 Å². The molecule has 5 aromatic rings. The Hall–Kier alpha value is -3.52. The number of aromatic nitrogens is 1. The number of benzene rings is 4. The molecule has 1 aliphatic heterocycles. The number of anilines is 1. The summed E-state index contributed by atoms with van der Waals surface area (Å²) in [6.07, 6.45) is 5.03. The van der Waals surface area contributed by atoms with Crippen molar-refractivity contribution in [1.29, 1.82) is 0 Å². The Morgan fingerprint density at radius 3 is 2.37 bits per heavy atom. The summed E-state index contributed by atoms with van der Waals surface area (Å²) in [5.41, 5.74) is 9.62. The molecule has 4 aromatic carbocycles. The van der Waals surface area contributed by atoms with Crippen LogP contribution >= 0.6 is 0 Å². The summed E-state index contributed by atoms with van der Waals surface area (Å²) < 4.78 is 0. The Morgan fingerprint density at radius 2 is 1.54 bits per heavy atom. The van der Waals surface area contributed by atoms with Crippen LogP contribution in [0.25, 0.3) is 21.8 Å². The summed E-state index contributed by atoms with van der Waals surface area (Å²) in [4.78, 5) is 3.87. The van der Waals surface area contributed by atoms with Gasteiger partial charge >= 0.3 is 0 Å². The zero-order chi connectivity index (χ0) is 23.4. The van der Waals surface area contributed by atoms with E-state index in [2.05, 4.69) is 108 Å².